The monoisotopic (exact) mass is 402 g/mol. The zero-order valence-corrected chi connectivity index (χ0v) is 17.8. The van der Waals surface area contributed by atoms with Gasteiger partial charge in [-0.05, 0) is 54.3 Å². The van der Waals surface area contributed by atoms with Crippen LogP contribution in [-0.4, -0.2) is 31.7 Å². The van der Waals surface area contributed by atoms with Crippen LogP contribution in [-0.2, 0) is 16.0 Å². The van der Waals surface area contributed by atoms with Crippen molar-refractivity contribution in [3.8, 4) is 0 Å². The van der Waals surface area contributed by atoms with E-state index in [9.17, 15) is 4.79 Å². The molecule has 1 N–H and O–H groups in total. The van der Waals surface area contributed by atoms with Gasteiger partial charge in [-0.2, -0.15) is 0 Å². The SMILES string of the molecule is CCOC(=O)Cc1ccc(N2CC[C@@H](N[C@@H](C)c3cccc4ccccc34)C2)cc1. The number of anilines is 1. The largest absolute Gasteiger partial charge is 0.466 e. The molecule has 0 spiro atoms. The summed E-state index contributed by atoms with van der Waals surface area (Å²) in [4.78, 5) is 14.1. The number of nitrogens with zero attached hydrogens (tertiary/aromatic N) is 1. The molecule has 1 aliphatic heterocycles. The molecule has 0 unspecified atom stereocenters. The fourth-order valence-electron chi connectivity index (χ4n) is 4.41. The number of fused-ring (bicyclic) bond motifs is 1. The molecule has 4 rings (SSSR count). The van der Waals surface area contributed by atoms with E-state index in [-0.39, 0.29) is 5.97 Å². The van der Waals surface area contributed by atoms with E-state index in [0.717, 1.165) is 25.1 Å². The highest BCUT2D eigenvalue weighted by molar-refractivity contribution is 5.86. The zero-order valence-electron chi connectivity index (χ0n) is 17.8. The molecule has 3 aromatic carbocycles. The highest BCUT2D eigenvalue weighted by atomic mass is 16.5. The Kier molecular flexibility index (Phi) is 6.34. The molecule has 0 saturated carbocycles. The summed E-state index contributed by atoms with van der Waals surface area (Å²) in [5.41, 5.74) is 3.57. The average Bonchev–Trinajstić information content (AvgIpc) is 3.22. The molecule has 1 aliphatic rings. The van der Waals surface area contributed by atoms with Crippen molar-refractivity contribution >= 4 is 22.4 Å². The van der Waals surface area contributed by atoms with Crippen LogP contribution < -0.4 is 10.2 Å². The van der Waals surface area contributed by atoms with Crippen molar-refractivity contribution < 1.29 is 9.53 Å². The van der Waals surface area contributed by atoms with E-state index in [1.165, 1.54) is 22.0 Å². The van der Waals surface area contributed by atoms with Crippen molar-refractivity contribution in [3.05, 3.63) is 77.9 Å². The highest BCUT2D eigenvalue weighted by Crippen LogP contribution is 2.27. The molecule has 0 amide bonds. The minimum Gasteiger partial charge on any atom is -0.466 e. The number of hydrogen-bond acceptors (Lipinski definition) is 4. The Bertz CT molecular complexity index is 994. The van der Waals surface area contributed by atoms with Crippen molar-refractivity contribution in [2.75, 3.05) is 24.6 Å². The first-order chi connectivity index (χ1) is 14.6. The second kappa shape index (κ2) is 9.31. The molecule has 1 fully saturated rings. The van der Waals surface area contributed by atoms with Gasteiger partial charge in [0.1, 0.15) is 0 Å². The Morgan fingerprint density at radius 2 is 1.87 bits per heavy atom. The molecule has 4 nitrogen and oxygen atoms in total. The van der Waals surface area contributed by atoms with Crippen molar-refractivity contribution in [3.63, 3.8) is 0 Å². The molecule has 2 atom stereocenters. The maximum absolute atomic E-state index is 11.7. The van der Waals surface area contributed by atoms with Crippen LogP contribution in [0.3, 0.4) is 0 Å². The van der Waals surface area contributed by atoms with Crippen LogP contribution in [0.15, 0.2) is 66.7 Å². The quantitative estimate of drug-likeness (QED) is 0.572. The second-order valence-corrected chi connectivity index (χ2v) is 8.04. The third kappa shape index (κ3) is 4.65. The van der Waals surface area contributed by atoms with E-state index in [1.54, 1.807) is 0 Å². The summed E-state index contributed by atoms with van der Waals surface area (Å²) < 4.78 is 5.03. The smallest absolute Gasteiger partial charge is 0.310 e. The van der Waals surface area contributed by atoms with E-state index >= 15 is 0 Å². The fraction of sp³-hybridized carbons (Fsp3) is 0.346. The van der Waals surface area contributed by atoms with Gasteiger partial charge in [-0.25, -0.2) is 0 Å². The Morgan fingerprint density at radius 3 is 2.67 bits per heavy atom. The number of nitrogens with one attached hydrogen (secondary N) is 1. The summed E-state index contributed by atoms with van der Waals surface area (Å²) in [5, 5.41) is 6.45. The highest BCUT2D eigenvalue weighted by Gasteiger charge is 2.24. The van der Waals surface area contributed by atoms with Gasteiger partial charge in [-0.1, -0.05) is 54.6 Å². The van der Waals surface area contributed by atoms with Gasteiger partial charge in [0.15, 0.2) is 0 Å². The fourth-order valence-corrected chi connectivity index (χ4v) is 4.41. The Labute approximate surface area is 178 Å². The van der Waals surface area contributed by atoms with E-state index < -0.39 is 0 Å². The van der Waals surface area contributed by atoms with Crippen LogP contribution in [0.5, 0.6) is 0 Å². The predicted octanol–water partition coefficient (Wildman–Crippen LogP) is 4.87. The summed E-state index contributed by atoms with van der Waals surface area (Å²) in [5.74, 6) is -0.168. The van der Waals surface area contributed by atoms with Gasteiger partial charge in [0.2, 0.25) is 0 Å². The van der Waals surface area contributed by atoms with Gasteiger partial charge < -0.3 is 15.0 Å². The number of carbonyl (C=O) groups is 1. The van der Waals surface area contributed by atoms with Crippen molar-refractivity contribution in [1.29, 1.82) is 0 Å². The summed E-state index contributed by atoms with van der Waals surface area (Å²) >= 11 is 0. The van der Waals surface area contributed by atoms with E-state index in [1.807, 2.05) is 19.1 Å². The number of ether oxygens (including phenoxy) is 1. The minimum absolute atomic E-state index is 0.168. The number of hydrogen-bond donors (Lipinski definition) is 1. The molecule has 4 heteroatoms. The molecule has 3 aromatic rings. The number of benzene rings is 3. The lowest BCUT2D eigenvalue weighted by Crippen LogP contribution is -2.34. The number of esters is 1. The third-order valence-electron chi connectivity index (χ3n) is 5.92. The zero-order chi connectivity index (χ0) is 20.9. The molecule has 156 valence electrons. The summed E-state index contributed by atoms with van der Waals surface area (Å²) in [6.45, 7) is 6.55. The van der Waals surface area contributed by atoms with E-state index in [0.29, 0.717) is 25.1 Å². The molecule has 0 aromatic heterocycles. The van der Waals surface area contributed by atoms with E-state index in [2.05, 4.69) is 71.7 Å². The molecule has 1 heterocycles. The van der Waals surface area contributed by atoms with Crippen LogP contribution in [0.4, 0.5) is 5.69 Å². The normalized spacial score (nSPS) is 17.3. The summed E-state index contributed by atoms with van der Waals surface area (Å²) in [7, 11) is 0. The first-order valence-electron chi connectivity index (χ1n) is 10.9. The van der Waals surface area contributed by atoms with Crippen molar-refractivity contribution in [1.82, 2.24) is 5.32 Å². The lowest BCUT2D eigenvalue weighted by Gasteiger charge is -2.23. The van der Waals surface area contributed by atoms with Gasteiger partial charge in [0, 0.05) is 30.9 Å². The van der Waals surface area contributed by atoms with Gasteiger partial charge in [0.25, 0.3) is 0 Å². The lowest BCUT2D eigenvalue weighted by molar-refractivity contribution is -0.142. The van der Waals surface area contributed by atoms with Crippen molar-refractivity contribution in [2.45, 2.75) is 38.8 Å². The number of rotatable bonds is 7. The minimum atomic E-state index is -0.168. The first kappa shape index (κ1) is 20.4. The summed E-state index contributed by atoms with van der Waals surface area (Å²) in [6.07, 6.45) is 1.46. The Hall–Kier alpha value is -2.85. The Balaban J connectivity index is 1.37. The predicted molar refractivity (Wildman–Crippen MR) is 123 cm³/mol. The van der Waals surface area contributed by atoms with Crippen LogP contribution in [0.1, 0.15) is 37.4 Å². The Morgan fingerprint density at radius 1 is 1.10 bits per heavy atom. The first-order valence-corrected chi connectivity index (χ1v) is 10.9. The van der Waals surface area contributed by atoms with Gasteiger partial charge in [0.05, 0.1) is 13.0 Å². The molecule has 0 radical (unpaired) electrons. The van der Waals surface area contributed by atoms with Crippen LogP contribution in [0.25, 0.3) is 10.8 Å². The third-order valence-corrected chi connectivity index (χ3v) is 5.92. The number of carbonyl (C=O) groups excluding carboxylic acids is 1. The van der Waals surface area contributed by atoms with Crippen LogP contribution in [0, 0.1) is 0 Å². The van der Waals surface area contributed by atoms with Gasteiger partial charge in [-0.15, -0.1) is 0 Å². The molecule has 30 heavy (non-hydrogen) atoms. The van der Waals surface area contributed by atoms with Gasteiger partial charge >= 0.3 is 5.97 Å². The molecule has 0 bridgehead atoms. The maximum atomic E-state index is 11.7. The van der Waals surface area contributed by atoms with Gasteiger partial charge in [-0.3, -0.25) is 4.79 Å². The average molecular weight is 403 g/mol. The molecule has 1 saturated heterocycles. The molecular formula is C26H30N2O2. The second-order valence-electron chi connectivity index (χ2n) is 8.04. The van der Waals surface area contributed by atoms with Crippen molar-refractivity contribution in [2.24, 2.45) is 0 Å². The van der Waals surface area contributed by atoms with Crippen LogP contribution >= 0.6 is 0 Å². The lowest BCUT2D eigenvalue weighted by atomic mass is 9.99. The van der Waals surface area contributed by atoms with Crippen LogP contribution in [0.2, 0.25) is 0 Å². The maximum Gasteiger partial charge on any atom is 0.310 e. The summed E-state index contributed by atoms with van der Waals surface area (Å²) in [6, 6.07) is 24.2. The topological polar surface area (TPSA) is 41.6 Å². The molecule has 0 aliphatic carbocycles. The van der Waals surface area contributed by atoms with E-state index in [4.69, 9.17) is 4.74 Å². The molecular weight excluding hydrogens is 372 g/mol. The standard InChI is InChI=1S/C26H30N2O2/c1-3-30-26(29)17-20-11-13-23(14-12-20)28-16-15-22(18-28)27-19(2)24-10-6-8-21-7-4-5-9-25(21)24/h4-14,19,22,27H,3,15-18H2,1-2H3/t19-,22+/m0/s1.